The van der Waals surface area contributed by atoms with Gasteiger partial charge in [-0.2, -0.15) is 0 Å². The second-order valence-corrected chi connectivity index (χ2v) is 5.47. The van der Waals surface area contributed by atoms with Crippen LogP contribution in [0.5, 0.6) is 0 Å². The van der Waals surface area contributed by atoms with E-state index in [1.54, 1.807) is 14.2 Å². The third kappa shape index (κ3) is 3.97. The van der Waals surface area contributed by atoms with E-state index in [9.17, 15) is 0 Å². The van der Waals surface area contributed by atoms with E-state index in [-0.39, 0.29) is 30.3 Å². The third-order valence-electron chi connectivity index (χ3n) is 4.09. The molecule has 6 heteroatoms. The summed E-state index contributed by atoms with van der Waals surface area (Å²) in [5, 5.41) is 0. The summed E-state index contributed by atoms with van der Waals surface area (Å²) in [6.07, 6.45) is 3.89. The van der Waals surface area contributed by atoms with Gasteiger partial charge in [0.2, 0.25) is 0 Å². The predicted molar refractivity (Wildman–Crippen MR) is 73.5 cm³/mol. The first kappa shape index (κ1) is 15.4. The van der Waals surface area contributed by atoms with Crippen LogP contribution in [0.2, 0.25) is 0 Å². The Balaban J connectivity index is 1.76. The van der Waals surface area contributed by atoms with Gasteiger partial charge in [0.05, 0.1) is 24.9 Å². The molecule has 0 spiro atoms. The van der Waals surface area contributed by atoms with E-state index >= 15 is 0 Å². The predicted octanol–water partition coefficient (Wildman–Crippen LogP) is 0.611. The highest BCUT2D eigenvalue weighted by Gasteiger charge is 2.36. The molecule has 2 fully saturated rings. The van der Waals surface area contributed by atoms with E-state index in [4.69, 9.17) is 34.6 Å². The van der Waals surface area contributed by atoms with Crippen LogP contribution >= 0.6 is 0 Å². The molecule has 0 aliphatic carbocycles. The summed E-state index contributed by atoms with van der Waals surface area (Å²) in [7, 11) is 15.2. The molecule has 0 aromatic rings. The third-order valence-corrected chi connectivity index (χ3v) is 4.09. The molecule has 0 saturated carbocycles. The summed E-state index contributed by atoms with van der Waals surface area (Å²) >= 11 is 0. The molecule has 6 atom stereocenters. The maximum absolute atomic E-state index is 6.00. The van der Waals surface area contributed by atoms with Crippen LogP contribution in [0.4, 0.5) is 0 Å². The highest BCUT2D eigenvalue weighted by molar-refractivity contribution is 6.11. The molecule has 0 aromatic carbocycles. The molecule has 4 nitrogen and oxygen atoms in total. The first-order chi connectivity index (χ1) is 9.13. The van der Waals surface area contributed by atoms with E-state index in [0.29, 0.717) is 12.5 Å². The van der Waals surface area contributed by atoms with Gasteiger partial charge in [-0.1, -0.05) is 0 Å². The smallest absolute Gasteiger partial charge is 0.109 e. The normalized spacial score (nSPS) is 42.8. The molecule has 2 aliphatic heterocycles. The zero-order chi connectivity index (χ0) is 13.8. The van der Waals surface area contributed by atoms with Gasteiger partial charge in [0.1, 0.15) is 15.7 Å². The summed E-state index contributed by atoms with van der Waals surface area (Å²) in [6, 6.07) is -0.402. The van der Waals surface area contributed by atoms with Crippen LogP contribution in [0, 0.1) is 5.92 Å². The minimum Gasteiger partial charge on any atom is -0.382 e. The van der Waals surface area contributed by atoms with Crippen molar-refractivity contribution < 1.29 is 18.9 Å². The van der Waals surface area contributed by atoms with Crippen molar-refractivity contribution in [2.45, 2.75) is 56.0 Å². The Kier molecular flexibility index (Phi) is 5.75. The molecule has 2 aliphatic rings. The van der Waals surface area contributed by atoms with Crippen LogP contribution < -0.4 is 0 Å². The Morgan fingerprint density at radius 2 is 1.89 bits per heavy atom. The molecule has 4 radical (unpaired) electrons. The van der Waals surface area contributed by atoms with Crippen LogP contribution in [0.1, 0.15) is 25.7 Å². The summed E-state index contributed by atoms with van der Waals surface area (Å²) in [5.41, 5.74) is 0. The fraction of sp³-hybridized carbons (Fsp3) is 1.00. The van der Waals surface area contributed by atoms with Gasteiger partial charge in [0, 0.05) is 26.2 Å². The van der Waals surface area contributed by atoms with Crippen LogP contribution in [-0.4, -0.2) is 66.8 Å². The molecule has 0 aromatic heterocycles. The number of ether oxygens (including phenoxy) is 4. The highest BCUT2D eigenvalue weighted by atomic mass is 16.6. The molecule has 1 unspecified atom stereocenters. The first-order valence-corrected chi connectivity index (χ1v) is 6.97. The second kappa shape index (κ2) is 7.11. The zero-order valence-electron chi connectivity index (χ0n) is 11.8. The lowest BCUT2D eigenvalue weighted by atomic mass is 9.82. The van der Waals surface area contributed by atoms with Gasteiger partial charge in [0.15, 0.2) is 0 Å². The maximum Gasteiger partial charge on any atom is 0.109 e. The fourth-order valence-corrected chi connectivity index (χ4v) is 3.06. The second-order valence-electron chi connectivity index (χ2n) is 5.47. The number of hydrogen-bond acceptors (Lipinski definition) is 4. The van der Waals surface area contributed by atoms with Crippen LogP contribution in [0.15, 0.2) is 0 Å². The van der Waals surface area contributed by atoms with Gasteiger partial charge in [0.25, 0.3) is 0 Å². The van der Waals surface area contributed by atoms with E-state index < -0.39 is 0 Å². The summed E-state index contributed by atoms with van der Waals surface area (Å²) in [5.74, 6) is 0.359. The molecule has 0 amide bonds. The largest absolute Gasteiger partial charge is 0.382 e. The topological polar surface area (TPSA) is 36.9 Å². The summed E-state index contributed by atoms with van der Waals surface area (Å²) in [4.78, 5) is 0. The lowest BCUT2D eigenvalue weighted by Crippen LogP contribution is -2.25. The van der Waals surface area contributed by atoms with Gasteiger partial charge in [-0.15, -0.1) is 0 Å². The fourth-order valence-electron chi connectivity index (χ4n) is 3.06. The van der Waals surface area contributed by atoms with Gasteiger partial charge in [-0.05, 0) is 31.6 Å². The Labute approximate surface area is 118 Å². The molecule has 2 rings (SSSR count). The molecule has 104 valence electrons. The van der Waals surface area contributed by atoms with Crippen LogP contribution in [-0.2, 0) is 18.9 Å². The first-order valence-electron chi connectivity index (χ1n) is 6.97. The highest BCUT2D eigenvalue weighted by Crippen LogP contribution is 2.32. The van der Waals surface area contributed by atoms with E-state index in [1.165, 1.54) is 0 Å². The maximum atomic E-state index is 6.00. The quantitative estimate of drug-likeness (QED) is 0.659. The monoisotopic (exact) mass is 264 g/mol. The number of hydrogen-bond donors (Lipinski definition) is 0. The minimum absolute atomic E-state index is 0.0775. The molecule has 0 N–H and O–H groups in total. The Hall–Kier alpha value is -0.0301. The van der Waals surface area contributed by atoms with E-state index in [0.717, 1.165) is 25.7 Å². The Morgan fingerprint density at radius 1 is 1.11 bits per heavy atom. The Morgan fingerprint density at radius 3 is 2.58 bits per heavy atom. The average Bonchev–Trinajstić information content (AvgIpc) is 2.90. The van der Waals surface area contributed by atoms with Crippen molar-refractivity contribution in [2.75, 3.05) is 20.8 Å². The van der Waals surface area contributed by atoms with Crippen molar-refractivity contribution >= 4 is 15.7 Å². The van der Waals surface area contributed by atoms with E-state index in [2.05, 4.69) is 0 Å². The molecule has 2 saturated heterocycles. The average molecular weight is 264 g/mol. The molecular weight excluding hydrogens is 242 g/mol. The number of rotatable bonds is 6. The lowest BCUT2D eigenvalue weighted by molar-refractivity contribution is 0.000325. The SMILES string of the molecule is [B][C@@H]1O[C@H](COC)CC1CC[C@H]1O[C@@H]([B])C[C@H]1OC. The van der Waals surface area contributed by atoms with Crippen LogP contribution in [0.3, 0.4) is 0 Å². The molecule has 2 heterocycles. The van der Waals surface area contributed by atoms with Crippen molar-refractivity contribution in [1.29, 1.82) is 0 Å². The molecule has 0 bridgehead atoms. The van der Waals surface area contributed by atoms with Gasteiger partial charge >= 0.3 is 0 Å². The van der Waals surface area contributed by atoms with Gasteiger partial charge < -0.3 is 18.9 Å². The van der Waals surface area contributed by atoms with Crippen molar-refractivity contribution in [3.8, 4) is 0 Å². The van der Waals surface area contributed by atoms with E-state index in [1.807, 2.05) is 0 Å². The van der Waals surface area contributed by atoms with Crippen LogP contribution in [0.25, 0.3) is 0 Å². The molecule has 19 heavy (non-hydrogen) atoms. The zero-order valence-corrected chi connectivity index (χ0v) is 11.8. The van der Waals surface area contributed by atoms with Crippen molar-refractivity contribution in [3.05, 3.63) is 0 Å². The Bertz CT molecular complexity index is 279. The van der Waals surface area contributed by atoms with Crippen molar-refractivity contribution in [2.24, 2.45) is 5.92 Å². The summed E-state index contributed by atoms with van der Waals surface area (Å²) < 4.78 is 21.9. The standard InChI is InChI=1S/C13H22B2O4/c1-16-7-9-5-8(13(15)18-9)3-4-10-11(17-2)6-12(14)19-10/h8-13H,3-7H2,1-2H3/t8?,9-,10+,11+,12+,13+/m0/s1. The van der Waals surface area contributed by atoms with Crippen molar-refractivity contribution in [3.63, 3.8) is 0 Å². The lowest BCUT2D eigenvalue weighted by Gasteiger charge is -2.20. The van der Waals surface area contributed by atoms with Gasteiger partial charge in [-0.3, -0.25) is 0 Å². The van der Waals surface area contributed by atoms with Gasteiger partial charge in [-0.25, -0.2) is 0 Å². The minimum atomic E-state index is -0.204. The number of methoxy groups -OCH3 is 2. The molecular formula is C13H22B2O4. The summed E-state index contributed by atoms with van der Waals surface area (Å²) in [6.45, 7) is 0.607. The van der Waals surface area contributed by atoms with Crippen molar-refractivity contribution in [1.82, 2.24) is 0 Å².